The van der Waals surface area contributed by atoms with Gasteiger partial charge in [0.25, 0.3) is 0 Å². The van der Waals surface area contributed by atoms with Crippen molar-refractivity contribution < 1.29 is 0 Å². The fourth-order valence-corrected chi connectivity index (χ4v) is 2.81. The minimum Gasteiger partial charge on any atom is -0.335 e. The number of nitrogens with one attached hydrogen (secondary N) is 1. The number of aryl methyl sites for hydroxylation is 1. The molecule has 1 heterocycles. The van der Waals surface area contributed by atoms with Gasteiger partial charge in [-0.3, -0.25) is 11.3 Å². The van der Waals surface area contributed by atoms with Crippen LogP contribution in [0.5, 0.6) is 0 Å². The Morgan fingerprint density at radius 3 is 2.81 bits per heavy atom. The van der Waals surface area contributed by atoms with E-state index in [0.717, 1.165) is 18.8 Å². The average Bonchev–Trinajstić information content (AvgIpc) is 2.99. The Balaban J connectivity index is 1.99. The number of nitrogens with zero attached hydrogens (tertiary/aromatic N) is 2. The molecule has 0 aliphatic rings. The predicted octanol–water partition coefficient (Wildman–Crippen LogP) is 2.80. The largest absolute Gasteiger partial charge is 0.335 e. The van der Waals surface area contributed by atoms with Gasteiger partial charge in [-0.25, -0.2) is 4.98 Å². The van der Waals surface area contributed by atoms with Crippen LogP contribution in [-0.4, -0.2) is 9.55 Å². The van der Waals surface area contributed by atoms with Gasteiger partial charge in [-0.1, -0.05) is 42.5 Å². The SMILES string of the molecule is CCn1ccnc1CC(NN)c1cccc2ccccc12. The van der Waals surface area contributed by atoms with Crippen molar-refractivity contribution >= 4 is 10.8 Å². The lowest BCUT2D eigenvalue weighted by Crippen LogP contribution is -2.30. The lowest BCUT2D eigenvalue weighted by atomic mass is 9.97. The third kappa shape index (κ3) is 2.68. The third-order valence-corrected chi connectivity index (χ3v) is 3.93. The van der Waals surface area contributed by atoms with E-state index in [0.29, 0.717) is 0 Å². The molecule has 0 aliphatic heterocycles. The summed E-state index contributed by atoms with van der Waals surface area (Å²) in [6.07, 6.45) is 4.62. The predicted molar refractivity (Wildman–Crippen MR) is 85.6 cm³/mol. The highest BCUT2D eigenvalue weighted by Gasteiger charge is 2.15. The van der Waals surface area contributed by atoms with Crippen LogP contribution in [0.25, 0.3) is 10.8 Å². The summed E-state index contributed by atoms with van der Waals surface area (Å²) in [6.45, 7) is 3.04. The average molecular weight is 280 g/mol. The maximum Gasteiger partial charge on any atom is 0.110 e. The molecule has 0 saturated heterocycles. The zero-order chi connectivity index (χ0) is 14.7. The first-order valence-electron chi connectivity index (χ1n) is 7.27. The molecule has 0 spiro atoms. The first-order chi connectivity index (χ1) is 10.3. The number of hydrogen-bond acceptors (Lipinski definition) is 3. The van der Waals surface area contributed by atoms with Crippen LogP contribution in [0.4, 0.5) is 0 Å². The van der Waals surface area contributed by atoms with Gasteiger partial charge in [-0.2, -0.15) is 0 Å². The number of benzene rings is 2. The highest BCUT2D eigenvalue weighted by atomic mass is 15.2. The number of fused-ring (bicyclic) bond motifs is 1. The summed E-state index contributed by atoms with van der Waals surface area (Å²) in [4.78, 5) is 4.45. The van der Waals surface area contributed by atoms with E-state index < -0.39 is 0 Å². The van der Waals surface area contributed by atoms with Gasteiger partial charge in [0.1, 0.15) is 5.82 Å². The van der Waals surface area contributed by atoms with E-state index >= 15 is 0 Å². The van der Waals surface area contributed by atoms with E-state index in [-0.39, 0.29) is 6.04 Å². The first kappa shape index (κ1) is 13.8. The standard InChI is InChI=1S/C17H20N4/c1-2-21-11-10-19-17(21)12-16(20-18)15-9-5-7-13-6-3-4-8-14(13)15/h3-11,16,20H,2,12,18H2,1H3. The van der Waals surface area contributed by atoms with E-state index in [9.17, 15) is 0 Å². The van der Waals surface area contributed by atoms with Crippen molar-refractivity contribution in [2.24, 2.45) is 5.84 Å². The molecule has 3 rings (SSSR count). The molecule has 1 unspecified atom stereocenters. The van der Waals surface area contributed by atoms with E-state index in [4.69, 9.17) is 5.84 Å². The van der Waals surface area contributed by atoms with Crippen LogP contribution in [0, 0.1) is 0 Å². The molecule has 0 amide bonds. The third-order valence-electron chi connectivity index (χ3n) is 3.93. The smallest absolute Gasteiger partial charge is 0.110 e. The lowest BCUT2D eigenvalue weighted by Gasteiger charge is -2.18. The van der Waals surface area contributed by atoms with Crippen LogP contribution < -0.4 is 11.3 Å². The molecular formula is C17H20N4. The number of hydrazine groups is 1. The van der Waals surface area contributed by atoms with E-state index in [2.05, 4.69) is 64.4 Å². The van der Waals surface area contributed by atoms with Gasteiger partial charge in [0, 0.05) is 25.4 Å². The highest BCUT2D eigenvalue weighted by Crippen LogP contribution is 2.26. The lowest BCUT2D eigenvalue weighted by molar-refractivity contribution is 0.526. The van der Waals surface area contributed by atoms with Crippen molar-refractivity contribution in [2.45, 2.75) is 25.9 Å². The Labute approximate surface area is 124 Å². The fourth-order valence-electron chi connectivity index (χ4n) is 2.81. The zero-order valence-electron chi connectivity index (χ0n) is 12.2. The van der Waals surface area contributed by atoms with Crippen molar-refractivity contribution in [1.82, 2.24) is 15.0 Å². The topological polar surface area (TPSA) is 55.9 Å². The Hall–Kier alpha value is -2.17. The van der Waals surface area contributed by atoms with Crippen LogP contribution in [0.15, 0.2) is 54.9 Å². The van der Waals surface area contributed by atoms with Crippen molar-refractivity contribution in [2.75, 3.05) is 0 Å². The quantitative estimate of drug-likeness (QED) is 0.558. The second-order valence-electron chi connectivity index (χ2n) is 5.12. The minimum absolute atomic E-state index is 0.0452. The first-order valence-corrected chi connectivity index (χ1v) is 7.27. The molecule has 3 aromatic rings. The summed E-state index contributed by atoms with van der Waals surface area (Å²) in [5.74, 6) is 6.87. The molecule has 0 saturated carbocycles. The normalized spacial score (nSPS) is 12.7. The van der Waals surface area contributed by atoms with Gasteiger partial charge in [0.05, 0.1) is 6.04 Å². The molecule has 108 valence electrons. The second-order valence-corrected chi connectivity index (χ2v) is 5.12. The van der Waals surface area contributed by atoms with Crippen molar-refractivity contribution in [3.63, 3.8) is 0 Å². The molecule has 21 heavy (non-hydrogen) atoms. The molecular weight excluding hydrogens is 260 g/mol. The number of hydrogen-bond donors (Lipinski definition) is 2. The molecule has 3 N–H and O–H groups in total. The molecule has 2 aromatic carbocycles. The molecule has 0 aliphatic carbocycles. The van der Waals surface area contributed by atoms with Crippen LogP contribution in [0.2, 0.25) is 0 Å². The van der Waals surface area contributed by atoms with Crippen molar-refractivity contribution in [3.05, 3.63) is 66.2 Å². The second kappa shape index (κ2) is 6.08. The Morgan fingerprint density at radius 2 is 2.00 bits per heavy atom. The van der Waals surface area contributed by atoms with E-state index in [1.165, 1.54) is 16.3 Å². The van der Waals surface area contributed by atoms with Crippen LogP contribution in [-0.2, 0) is 13.0 Å². The number of rotatable bonds is 5. The summed E-state index contributed by atoms with van der Waals surface area (Å²) in [5.41, 5.74) is 4.16. The van der Waals surface area contributed by atoms with E-state index in [1.54, 1.807) is 0 Å². The number of aromatic nitrogens is 2. The van der Waals surface area contributed by atoms with Crippen LogP contribution in [0.1, 0.15) is 24.4 Å². The summed E-state index contributed by atoms with van der Waals surface area (Å²) in [5, 5.41) is 2.46. The monoisotopic (exact) mass is 280 g/mol. The molecule has 1 aromatic heterocycles. The molecule has 0 bridgehead atoms. The maximum atomic E-state index is 5.82. The zero-order valence-corrected chi connectivity index (χ0v) is 12.2. The summed E-state index contributed by atoms with van der Waals surface area (Å²) < 4.78 is 2.15. The van der Waals surface area contributed by atoms with Crippen LogP contribution >= 0.6 is 0 Å². The molecule has 1 atom stereocenters. The summed E-state index contributed by atoms with van der Waals surface area (Å²) >= 11 is 0. The van der Waals surface area contributed by atoms with E-state index in [1.807, 2.05) is 12.4 Å². The number of imidazole rings is 1. The van der Waals surface area contributed by atoms with Gasteiger partial charge in [0.15, 0.2) is 0 Å². The maximum absolute atomic E-state index is 5.82. The molecule has 0 fully saturated rings. The number of nitrogens with two attached hydrogens (primary N) is 1. The minimum atomic E-state index is 0.0452. The van der Waals surface area contributed by atoms with Gasteiger partial charge < -0.3 is 4.57 Å². The Morgan fingerprint density at radius 1 is 1.19 bits per heavy atom. The molecule has 0 radical (unpaired) electrons. The summed E-state index contributed by atoms with van der Waals surface area (Å²) in [7, 11) is 0. The molecule has 4 nitrogen and oxygen atoms in total. The van der Waals surface area contributed by atoms with Gasteiger partial charge in [-0.05, 0) is 23.3 Å². The van der Waals surface area contributed by atoms with Gasteiger partial charge in [0.2, 0.25) is 0 Å². The fraction of sp³-hybridized carbons (Fsp3) is 0.235. The van der Waals surface area contributed by atoms with Crippen LogP contribution in [0.3, 0.4) is 0 Å². The Kier molecular flexibility index (Phi) is 3.99. The van der Waals surface area contributed by atoms with Gasteiger partial charge in [-0.15, -0.1) is 0 Å². The summed E-state index contributed by atoms with van der Waals surface area (Å²) in [6, 6.07) is 14.8. The highest BCUT2D eigenvalue weighted by molar-refractivity contribution is 5.86. The van der Waals surface area contributed by atoms with Crippen molar-refractivity contribution in [3.8, 4) is 0 Å². The molecule has 4 heteroatoms. The Bertz CT molecular complexity index is 727. The van der Waals surface area contributed by atoms with Gasteiger partial charge >= 0.3 is 0 Å². The van der Waals surface area contributed by atoms with Crippen molar-refractivity contribution in [1.29, 1.82) is 0 Å².